The summed E-state index contributed by atoms with van der Waals surface area (Å²) in [6.07, 6.45) is 0. The van der Waals surface area contributed by atoms with Crippen LogP contribution in [-0.4, -0.2) is 42.6 Å². The van der Waals surface area contributed by atoms with Gasteiger partial charge in [-0.05, 0) is 31.5 Å². The fourth-order valence-corrected chi connectivity index (χ4v) is 2.00. The third-order valence-corrected chi connectivity index (χ3v) is 3.31. The van der Waals surface area contributed by atoms with Crippen molar-refractivity contribution in [1.29, 1.82) is 0 Å². The molecule has 1 aromatic carbocycles. The van der Waals surface area contributed by atoms with E-state index in [-0.39, 0.29) is 30.7 Å². The van der Waals surface area contributed by atoms with Crippen molar-refractivity contribution < 1.29 is 9.53 Å². The van der Waals surface area contributed by atoms with Gasteiger partial charge in [0.1, 0.15) is 0 Å². The van der Waals surface area contributed by atoms with Gasteiger partial charge in [-0.25, -0.2) is 0 Å². The highest BCUT2D eigenvalue weighted by molar-refractivity contribution is 5.97. The van der Waals surface area contributed by atoms with Gasteiger partial charge in [-0.1, -0.05) is 12.1 Å². The summed E-state index contributed by atoms with van der Waals surface area (Å²) >= 11 is 0. The Morgan fingerprint density at radius 2 is 1.77 bits per heavy atom. The van der Waals surface area contributed by atoms with Gasteiger partial charge < -0.3 is 15.8 Å². The fourth-order valence-electron chi connectivity index (χ4n) is 2.00. The molecule has 0 aliphatic carbocycles. The number of nitrogens with one attached hydrogen (secondary N) is 1. The normalized spacial score (nSPS) is 15.4. The minimum atomic E-state index is -0.869. The lowest BCUT2D eigenvalue weighted by Gasteiger charge is -2.26. The van der Waals surface area contributed by atoms with Gasteiger partial charge >= 0.3 is 0 Å². The summed E-state index contributed by atoms with van der Waals surface area (Å²) in [7, 11) is 0. The fraction of sp³-hybridized carbons (Fsp3) is 0.533. The number of nitrogens with two attached hydrogens (primary N) is 1. The van der Waals surface area contributed by atoms with Crippen LogP contribution >= 0.6 is 24.8 Å². The van der Waals surface area contributed by atoms with E-state index in [2.05, 4.69) is 10.2 Å². The Bertz CT molecular complexity index is 455. The van der Waals surface area contributed by atoms with Gasteiger partial charge in [-0.2, -0.15) is 0 Å². The van der Waals surface area contributed by atoms with Crippen LogP contribution in [0.15, 0.2) is 24.3 Å². The van der Waals surface area contributed by atoms with Crippen LogP contribution in [0, 0.1) is 0 Å². The van der Waals surface area contributed by atoms with Crippen molar-refractivity contribution in [3.63, 3.8) is 0 Å². The molecule has 1 aromatic rings. The van der Waals surface area contributed by atoms with E-state index in [1.807, 2.05) is 24.3 Å². The first-order valence-corrected chi connectivity index (χ1v) is 6.94. The van der Waals surface area contributed by atoms with E-state index in [4.69, 9.17) is 10.5 Å². The molecule has 0 spiro atoms. The standard InChI is InChI=1S/C15H23N3O2.2ClH/c1-15(2,16)14(19)17-13-5-3-12(4-6-13)11-18-7-9-20-10-8-18;;/h3-6H,7-11,16H2,1-2H3,(H,17,19);2*1H. The van der Waals surface area contributed by atoms with Crippen LogP contribution in [0.5, 0.6) is 0 Å². The molecule has 1 fully saturated rings. The van der Waals surface area contributed by atoms with Crippen LogP contribution < -0.4 is 11.1 Å². The lowest BCUT2D eigenvalue weighted by Crippen LogP contribution is -2.45. The summed E-state index contributed by atoms with van der Waals surface area (Å²) in [5, 5.41) is 2.82. The van der Waals surface area contributed by atoms with Crippen molar-refractivity contribution in [3.8, 4) is 0 Å². The number of anilines is 1. The molecule has 2 rings (SSSR count). The predicted molar refractivity (Wildman–Crippen MR) is 93.9 cm³/mol. The van der Waals surface area contributed by atoms with Gasteiger partial charge in [0.2, 0.25) is 5.91 Å². The van der Waals surface area contributed by atoms with E-state index < -0.39 is 5.54 Å². The van der Waals surface area contributed by atoms with Gasteiger partial charge in [0.15, 0.2) is 0 Å². The first kappa shape index (κ1) is 21.1. The topological polar surface area (TPSA) is 67.6 Å². The van der Waals surface area contributed by atoms with Gasteiger partial charge in [0.05, 0.1) is 18.8 Å². The summed E-state index contributed by atoms with van der Waals surface area (Å²) in [6.45, 7) is 7.85. The highest BCUT2D eigenvalue weighted by Gasteiger charge is 2.21. The van der Waals surface area contributed by atoms with Crippen molar-refractivity contribution in [2.75, 3.05) is 31.6 Å². The number of benzene rings is 1. The molecule has 0 radical (unpaired) electrons. The molecule has 1 amide bonds. The number of ether oxygens (including phenoxy) is 1. The molecule has 0 unspecified atom stereocenters. The zero-order valence-electron chi connectivity index (χ0n) is 13.0. The lowest BCUT2D eigenvalue weighted by molar-refractivity contribution is -0.120. The van der Waals surface area contributed by atoms with Crippen LogP contribution in [-0.2, 0) is 16.1 Å². The highest BCUT2D eigenvalue weighted by atomic mass is 35.5. The molecule has 7 heteroatoms. The number of nitrogens with zero attached hydrogens (tertiary/aromatic N) is 1. The smallest absolute Gasteiger partial charge is 0.243 e. The average Bonchev–Trinajstić information content (AvgIpc) is 2.41. The summed E-state index contributed by atoms with van der Waals surface area (Å²) in [5.74, 6) is -0.182. The molecule has 5 nitrogen and oxygen atoms in total. The third-order valence-electron chi connectivity index (χ3n) is 3.31. The van der Waals surface area contributed by atoms with E-state index in [1.165, 1.54) is 5.56 Å². The number of hydrogen-bond acceptors (Lipinski definition) is 4. The van der Waals surface area contributed by atoms with Crippen molar-refractivity contribution in [2.24, 2.45) is 5.73 Å². The van der Waals surface area contributed by atoms with Crippen LogP contribution in [0.4, 0.5) is 5.69 Å². The molecule has 1 aliphatic heterocycles. The number of hydrogen-bond donors (Lipinski definition) is 2. The maximum Gasteiger partial charge on any atom is 0.243 e. The summed E-state index contributed by atoms with van der Waals surface area (Å²) in [5.41, 5.74) is 6.89. The zero-order valence-corrected chi connectivity index (χ0v) is 14.6. The Kier molecular flexibility index (Phi) is 8.96. The second kappa shape index (κ2) is 9.33. The van der Waals surface area contributed by atoms with Gasteiger partial charge in [-0.3, -0.25) is 9.69 Å². The van der Waals surface area contributed by atoms with Crippen molar-refractivity contribution in [3.05, 3.63) is 29.8 Å². The summed E-state index contributed by atoms with van der Waals surface area (Å²) in [4.78, 5) is 14.1. The Hall–Kier alpha value is -0.850. The zero-order chi connectivity index (χ0) is 14.6. The number of halogens is 2. The van der Waals surface area contributed by atoms with E-state index in [0.717, 1.165) is 38.5 Å². The van der Waals surface area contributed by atoms with Crippen LogP contribution in [0.1, 0.15) is 19.4 Å². The Morgan fingerprint density at radius 1 is 1.23 bits per heavy atom. The molecule has 0 atom stereocenters. The van der Waals surface area contributed by atoms with Crippen molar-refractivity contribution in [2.45, 2.75) is 25.9 Å². The molecule has 126 valence electrons. The average molecular weight is 350 g/mol. The van der Waals surface area contributed by atoms with E-state index >= 15 is 0 Å². The monoisotopic (exact) mass is 349 g/mol. The molecular formula is C15H25Cl2N3O2. The third kappa shape index (κ3) is 6.50. The van der Waals surface area contributed by atoms with Crippen LogP contribution in [0.3, 0.4) is 0 Å². The highest BCUT2D eigenvalue weighted by Crippen LogP contribution is 2.13. The van der Waals surface area contributed by atoms with Crippen LogP contribution in [0.2, 0.25) is 0 Å². The van der Waals surface area contributed by atoms with Gasteiger partial charge in [-0.15, -0.1) is 24.8 Å². The maximum atomic E-state index is 11.8. The van der Waals surface area contributed by atoms with E-state index in [1.54, 1.807) is 13.8 Å². The molecule has 22 heavy (non-hydrogen) atoms. The van der Waals surface area contributed by atoms with Gasteiger partial charge in [0, 0.05) is 25.3 Å². The molecular weight excluding hydrogens is 325 g/mol. The minimum Gasteiger partial charge on any atom is -0.379 e. The second-order valence-electron chi connectivity index (χ2n) is 5.76. The van der Waals surface area contributed by atoms with Crippen molar-refractivity contribution >= 4 is 36.4 Å². The molecule has 0 bridgehead atoms. The largest absolute Gasteiger partial charge is 0.379 e. The molecule has 1 saturated heterocycles. The number of carbonyl (C=O) groups is 1. The minimum absolute atomic E-state index is 0. The van der Waals surface area contributed by atoms with Crippen LogP contribution in [0.25, 0.3) is 0 Å². The molecule has 0 saturated carbocycles. The Balaban J connectivity index is 0.00000220. The van der Waals surface area contributed by atoms with E-state index in [9.17, 15) is 4.79 Å². The second-order valence-corrected chi connectivity index (χ2v) is 5.76. The molecule has 1 heterocycles. The number of morpholine rings is 1. The quantitative estimate of drug-likeness (QED) is 0.872. The lowest BCUT2D eigenvalue weighted by atomic mass is 10.1. The first-order valence-electron chi connectivity index (χ1n) is 6.94. The Labute approximate surface area is 144 Å². The van der Waals surface area contributed by atoms with Gasteiger partial charge in [0.25, 0.3) is 0 Å². The number of rotatable bonds is 4. The predicted octanol–water partition coefficient (Wildman–Crippen LogP) is 2.04. The number of carbonyl (C=O) groups excluding carboxylic acids is 1. The number of amides is 1. The SMILES string of the molecule is CC(C)(N)C(=O)Nc1ccc(CN2CCOCC2)cc1.Cl.Cl. The summed E-state index contributed by atoms with van der Waals surface area (Å²) in [6, 6.07) is 7.90. The maximum absolute atomic E-state index is 11.8. The Morgan fingerprint density at radius 3 is 2.27 bits per heavy atom. The van der Waals surface area contributed by atoms with E-state index in [0.29, 0.717) is 0 Å². The molecule has 1 aliphatic rings. The first-order chi connectivity index (χ1) is 9.45. The molecule has 3 N–H and O–H groups in total. The van der Waals surface area contributed by atoms with Crippen molar-refractivity contribution in [1.82, 2.24) is 4.90 Å². The molecule has 0 aromatic heterocycles. The summed E-state index contributed by atoms with van der Waals surface area (Å²) < 4.78 is 5.33.